The number of fused-ring (bicyclic) bond motifs is 1. The van der Waals surface area contributed by atoms with Crippen molar-refractivity contribution in [1.82, 2.24) is 0 Å². The van der Waals surface area contributed by atoms with Crippen LogP contribution in [0, 0.1) is 0 Å². The first-order chi connectivity index (χ1) is 9.14. The standard InChI is InChI=1S/C15H22ClNO2/c1-3-15(4-2,10-17)19-9-12-8-13(16)7-11-5-6-18-14(11)12/h7-8H,3-6,9-10,17H2,1-2H3. The third-order valence-corrected chi connectivity index (χ3v) is 4.24. The first-order valence-corrected chi connectivity index (χ1v) is 7.30. The second-order valence-corrected chi connectivity index (χ2v) is 5.47. The van der Waals surface area contributed by atoms with Gasteiger partial charge in [0.05, 0.1) is 18.8 Å². The third kappa shape index (κ3) is 3.04. The zero-order valence-corrected chi connectivity index (χ0v) is 12.4. The van der Waals surface area contributed by atoms with Crippen LogP contribution < -0.4 is 10.5 Å². The van der Waals surface area contributed by atoms with E-state index in [0.29, 0.717) is 13.2 Å². The Kier molecular flexibility index (Phi) is 4.71. The van der Waals surface area contributed by atoms with Gasteiger partial charge in [0.15, 0.2) is 0 Å². The molecule has 0 radical (unpaired) electrons. The van der Waals surface area contributed by atoms with Crippen LogP contribution in [-0.4, -0.2) is 18.8 Å². The predicted molar refractivity (Wildman–Crippen MR) is 77.8 cm³/mol. The second kappa shape index (κ2) is 6.12. The van der Waals surface area contributed by atoms with Gasteiger partial charge in [0.2, 0.25) is 0 Å². The Hall–Kier alpha value is -0.770. The van der Waals surface area contributed by atoms with Crippen LogP contribution in [-0.2, 0) is 17.8 Å². The third-order valence-electron chi connectivity index (χ3n) is 4.02. The molecule has 2 N–H and O–H groups in total. The minimum Gasteiger partial charge on any atom is -0.493 e. The van der Waals surface area contributed by atoms with Crippen LogP contribution in [0.3, 0.4) is 0 Å². The van der Waals surface area contributed by atoms with Crippen LogP contribution in [0.4, 0.5) is 0 Å². The fourth-order valence-corrected chi connectivity index (χ4v) is 2.75. The summed E-state index contributed by atoms with van der Waals surface area (Å²) in [7, 11) is 0. The maximum atomic E-state index is 6.14. The summed E-state index contributed by atoms with van der Waals surface area (Å²) >= 11 is 6.14. The molecule has 1 aliphatic heterocycles. The normalized spacial score (nSPS) is 14.3. The zero-order chi connectivity index (χ0) is 13.9. The molecule has 1 aromatic carbocycles. The molecule has 1 aromatic rings. The van der Waals surface area contributed by atoms with Crippen molar-refractivity contribution in [1.29, 1.82) is 0 Å². The van der Waals surface area contributed by atoms with Gasteiger partial charge in [-0.3, -0.25) is 0 Å². The summed E-state index contributed by atoms with van der Waals surface area (Å²) in [5.74, 6) is 0.947. The summed E-state index contributed by atoms with van der Waals surface area (Å²) in [5.41, 5.74) is 7.82. The maximum Gasteiger partial charge on any atom is 0.128 e. The maximum absolute atomic E-state index is 6.14. The molecule has 2 rings (SSSR count). The first kappa shape index (κ1) is 14.6. The van der Waals surface area contributed by atoms with E-state index in [0.717, 1.165) is 42.2 Å². The average Bonchev–Trinajstić information content (AvgIpc) is 2.88. The highest BCUT2D eigenvalue weighted by molar-refractivity contribution is 6.30. The van der Waals surface area contributed by atoms with Gasteiger partial charge in [-0.25, -0.2) is 0 Å². The van der Waals surface area contributed by atoms with E-state index < -0.39 is 0 Å². The topological polar surface area (TPSA) is 44.5 Å². The van der Waals surface area contributed by atoms with Crippen molar-refractivity contribution in [3.05, 3.63) is 28.3 Å². The Balaban J connectivity index is 2.16. The van der Waals surface area contributed by atoms with Gasteiger partial charge in [-0.05, 0) is 30.5 Å². The van der Waals surface area contributed by atoms with Crippen LogP contribution in [0.2, 0.25) is 5.02 Å². The summed E-state index contributed by atoms with van der Waals surface area (Å²) < 4.78 is 11.8. The lowest BCUT2D eigenvalue weighted by molar-refractivity contribution is -0.0558. The quantitative estimate of drug-likeness (QED) is 0.871. The number of hydrogen-bond acceptors (Lipinski definition) is 3. The fourth-order valence-electron chi connectivity index (χ4n) is 2.49. The Bertz CT molecular complexity index is 436. The van der Waals surface area contributed by atoms with E-state index in [1.807, 2.05) is 12.1 Å². The molecule has 1 heterocycles. The monoisotopic (exact) mass is 283 g/mol. The van der Waals surface area contributed by atoms with Crippen LogP contribution in [0.5, 0.6) is 5.75 Å². The van der Waals surface area contributed by atoms with E-state index in [1.54, 1.807) is 0 Å². The van der Waals surface area contributed by atoms with Crippen LogP contribution >= 0.6 is 11.6 Å². The lowest BCUT2D eigenvalue weighted by atomic mass is 9.97. The fraction of sp³-hybridized carbons (Fsp3) is 0.600. The summed E-state index contributed by atoms with van der Waals surface area (Å²) in [4.78, 5) is 0. The zero-order valence-electron chi connectivity index (χ0n) is 11.7. The summed E-state index contributed by atoms with van der Waals surface area (Å²) in [6.07, 6.45) is 2.74. The van der Waals surface area contributed by atoms with Gasteiger partial charge >= 0.3 is 0 Å². The molecule has 0 amide bonds. The van der Waals surface area contributed by atoms with Crippen molar-refractivity contribution in [3.8, 4) is 5.75 Å². The summed E-state index contributed by atoms with van der Waals surface area (Å²) in [5, 5.41) is 0.745. The second-order valence-electron chi connectivity index (χ2n) is 5.03. The van der Waals surface area contributed by atoms with Crippen molar-refractivity contribution in [2.24, 2.45) is 5.73 Å². The molecule has 0 bridgehead atoms. The number of nitrogens with two attached hydrogens (primary N) is 1. The molecule has 0 aromatic heterocycles. The Morgan fingerprint density at radius 1 is 1.37 bits per heavy atom. The minimum atomic E-state index is -0.242. The van der Waals surface area contributed by atoms with Gasteiger partial charge in [0.1, 0.15) is 5.75 Å². The molecule has 1 aliphatic rings. The van der Waals surface area contributed by atoms with Crippen LogP contribution in [0.25, 0.3) is 0 Å². The largest absolute Gasteiger partial charge is 0.493 e. The molecule has 0 atom stereocenters. The molecule has 0 saturated carbocycles. The summed E-state index contributed by atoms with van der Waals surface area (Å²) in [6, 6.07) is 3.90. The number of halogens is 1. The van der Waals surface area contributed by atoms with Crippen LogP contribution in [0.1, 0.15) is 37.8 Å². The van der Waals surface area contributed by atoms with E-state index >= 15 is 0 Å². The van der Waals surface area contributed by atoms with E-state index in [9.17, 15) is 0 Å². The number of rotatable bonds is 6. The van der Waals surface area contributed by atoms with Gasteiger partial charge in [-0.2, -0.15) is 0 Å². The summed E-state index contributed by atoms with van der Waals surface area (Å²) in [6.45, 7) is 5.97. The molecule has 0 aliphatic carbocycles. The SMILES string of the molecule is CCC(CC)(CN)OCc1cc(Cl)cc2c1OCC2. The lowest BCUT2D eigenvalue weighted by Gasteiger charge is -2.30. The van der Waals surface area contributed by atoms with Crippen molar-refractivity contribution in [3.63, 3.8) is 0 Å². The lowest BCUT2D eigenvalue weighted by Crippen LogP contribution is -2.39. The minimum absolute atomic E-state index is 0.242. The van der Waals surface area contributed by atoms with Gasteiger partial charge in [-0.15, -0.1) is 0 Å². The molecular formula is C15H22ClNO2. The van der Waals surface area contributed by atoms with Crippen molar-refractivity contribution in [2.45, 2.75) is 45.3 Å². The molecule has 106 valence electrons. The highest BCUT2D eigenvalue weighted by Crippen LogP contribution is 2.34. The predicted octanol–water partition coefficient (Wildman–Crippen LogP) is 3.31. The van der Waals surface area contributed by atoms with E-state index in [-0.39, 0.29) is 5.60 Å². The van der Waals surface area contributed by atoms with E-state index in [1.165, 1.54) is 5.56 Å². The van der Waals surface area contributed by atoms with Crippen molar-refractivity contribution < 1.29 is 9.47 Å². The highest BCUT2D eigenvalue weighted by Gasteiger charge is 2.26. The molecule has 4 heteroatoms. The van der Waals surface area contributed by atoms with Gasteiger partial charge in [0, 0.05) is 23.6 Å². The molecular weight excluding hydrogens is 262 g/mol. The Labute approximate surface area is 120 Å². The molecule has 3 nitrogen and oxygen atoms in total. The van der Waals surface area contributed by atoms with Gasteiger partial charge in [-0.1, -0.05) is 25.4 Å². The Morgan fingerprint density at radius 2 is 2.11 bits per heavy atom. The van der Waals surface area contributed by atoms with Gasteiger partial charge in [0.25, 0.3) is 0 Å². The van der Waals surface area contributed by atoms with E-state index in [4.69, 9.17) is 26.8 Å². The molecule has 19 heavy (non-hydrogen) atoms. The first-order valence-electron chi connectivity index (χ1n) is 6.92. The van der Waals surface area contributed by atoms with Crippen molar-refractivity contribution in [2.75, 3.05) is 13.2 Å². The Morgan fingerprint density at radius 3 is 2.74 bits per heavy atom. The number of ether oxygens (including phenoxy) is 2. The van der Waals surface area contributed by atoms with Gasteiger partial charge < -0.3 is 15.2 Å². The molecule has 0 saturated heterocycles. The van der Waals surface area contributed by atoms with E-state index in [2.05, 4.69) is 13.8 Å². The number of hydrogen-bond donors (Lipinski definition) is 1. The average molecular weight is 284 g/mol. The highest BCUT2D eigenvalue weighted by atomic mass is 35.5. The van der Waals surface area contributed by atoms with Crippen molar-refractivity contribution >= 4 is 11.6 Å². The molecule has 0 unspecified atom stereocenters. The molecule has 0 fully saturated rings. The number of benzene rings is 1. The van der Waals surface area contributed by atoms with Crippen LogP contribution in [0.15, 0.2) is 12.1 Å². The smallest absolute Gasteiger partial charge is 0.128 e. The molecule has 0 spiro atoms.